The van der Waals surface area contributed by atoms with Crippen LogP contribution >= 0.6 is 0 Å². The van der Waals surface area contributed by atoms with Gasteiger partial charge >= 0.3 is 0 Å². The number of ketones is 1. The van der Waals surface area contributed by atoms with Crippen LogP contribution < -0.4 is 4.90 Å². The van der Waals surface area contributed by atoms with Crippen molar-refractivity contribution in [3.63, 3.8) is 0 Å². The third-order valence-corrected chi connectivity index (χ3v) is 3.96. The summed E-state index contributed by atoms with van der Waals surface area (Å²) in [5, 5.41) is 21.4. The summed E-state index contributed by atoms with van der Waals surface area (Å²) in [7, 11) is 3.80. The predicted octanol–water partition coefficient (Wildman–Crippen LogP) is 0.0237. The van der Waals surface area contributed by atoms with Gasteiger partial charge in [-0.2, -0.15) is 0 Å². The van der Waals surface area contributed by atoms with Crippen molar-refractivity contribution in [3.8, 4) is 0 Å². The maximum absolute atomic E-state index is 12.4. The molecule has 1 aliphatic rings. The Morgan fingerprint density at radius 1 is 1.38 bits per heavy atom. The third kappa shape index (κ3) is 3.13. The molecule has 0 spiro atoms. The Bertz CT molecular complexity index is 726. The monoisotopic (exact) mass is 334 g/mol. The topological polar surface area (TPSA) is 105 Å². The normalized spacial score (nSPS) is 17.8. The lowest BCUT2D eigenvalue weighted by Gasteiger charge is -2.26. The second-order valence-corrected chi connectivity index (χ2v) is 5.99. The number of rotatable bonds is 6. The van der Waals surface area contributed by atoms with Gasteiger partial charge in [-0.1, -0.05) is 12.1 Å². The van der Waals surface area contributed by atoms with Crippen LogP contribution in [0.5, 0.6) is 0 Å². The Balaban J connectivity index is 2.57. The van der Waals surface area contributed by atoms with Gasteiger partial charge in [-0.3, -0.25) is 19.7 Å². The van der Waals surface area contributed by atoms with E-state index in [-0.39, 0.29) is 23.4 Å². The van der Waals surface area contributed by atoms with Crippen LogP contribution in [0.3, 0.4) is 0 Å². The molecule has 0 bridgehead atoms. The molecule has 1 heterocycles. The lowest BCUT2D eigenvalue weighted by atomic mass is 9.95. The van der Waals surface area contributed by atoms with Crippen LogP contribution in [-0.4, -0.2) is 53.8 Å². The van der Waals surface area contributed by atoms with Gasteiger partial charge in [0.15, 0.2) is 11.5 Å². The van der Waals surface area contributed by atoms with Gasteiger partial charge in [0.05, 0.1) is 49.3 Å². The minimum atomic E-state index is -0.948. The molecule has 0 saturated carbocycles. The second kappa shape index (κ2) is 6.79. The van der Waals surface area contributed by atoms with Crippen LogP contribution in [0.25, 0.3) is 0 Å². The molecule has 1 atom stereocenters. The number of hydrogen-bond acceptors (Lipinski definition) is 5. The number of carbonyl (C=O) groups excluding carboxylic acids is 2. The van der Waals surface area contributed by atoms with E-state index in [0.29, 0.717) is 6.54 Å². The van der Waals surface area contributed by atoms with Gasteiger partial charge in [-0.05, 0) is 13.0 Å². The molecule has 8 nitrogen and oxygen atoms in total. The minimum absolute atomic E-state index is 0.0944. The molecule has 0 radical (unpaired) electrons. The van der Waals surface area contributed by atoms with Crippen LogP contribution in [0.15, 0.2) is 35.6 Å². The number of nitrogens with zero attached hydrogens (tertiary/aromatic N) is 2. The zero-order valence-corrected chi connectivity index (χ0v) is 13.8. The van der Waals surface area contributed by atoms with Crippen molar-refractivity contribution >= 4 is 17.4 Å². The van der Waals surface area contributed by atoms with E-state index in [1.54, 1.807) is 6.07 Å². The molecule has 0 unspecified atom stereocenters. The lowest BCUT2D eigenvalue weighted by molar-refractivity contribution is -0.857. The van der Waals surface area contributed by atoms with Crippen molar-refractivity contribution in [1.29, 1.82) is 0 Å². The largest absolute Gasteiger partial charge is 0.503 e. The smallest absolute Gasteiger partial charge is 0.290 e. The molecule has 1 aliphatic heterocycles. The van der Waals surface area contributed by atoms with E-state index in [1.807, 2.05) is 14.1 Å². The van der Waals surface area contributed by atoms with E-state index in [1.165, 1.54) is 30.0 Å². The molecule has 8 heteroatoms. The van der Waals surface area contributed by atoms with Gasteiger partial charge in [0.1, 0.15) is 0 Å². The summed E-state index contributed by atoms with van der Waals surface area (Å²) in [6.45, 7) is 2.07. The van der Waals surface area contributed by atoms with Crippen LogP contribution in [0.1, 0.15) is 18.5 Å². The summed E-state index contributed by atoms with van der Waals surface area (Å²) in [6, 6.07) is 5.00. The number of carbonyl (C=O) groups is 2. The fraction of sp³-hybridized carbons (Fsp3) is 0.375. The molecule has 0 aliphatic carbocycles. The number of para-hydroxylation sites is 1. The quantitative estimate of drug-likeness (QED) is 0.564. The van der Waals surface area contributed by atoms with E-state index < -0.39 is 28.4 Å². The van der Waals surface area contributed by atoms with E-state index in [9.17, 15) is 24.8 Å². The van der Waals surface area contributed by atoms with Crippen molar-refractivity contribution in [1.82, 2.24) is 4.90 Å². The van der Waals surface area contributed by atoms with Crippen molar-refractivity contribution in [2.24, 2.45) is 0 Å². The third-order valence-electron chi connectivity index (χ3n) is 3.96. The Morgan fingerprint density at radius 2 is 2.00 bits per heavy atom. The fourth-order valence-electron chi connectivity index (χ4n) is 2.80. The van der Waals surface area contributed by atoms with Gasteiger partial charge in [0.25, 0.3) is 11.6 Å². The summed E-state index contributed by atoms with van der Waals surface area (Å²) >= 11 is 0. The zero-order valence-electron chi connectivity index (χ0n) is 13.8. The number of hydrogen-bond donors (Lipinski definition) is 2. The first kappa shape index (κ1) is 17.6. The molecule has 2 rings (SSSR count). The average Bonchev–Trinajstić information content (AvgIpc) is 2.77. The number of amides is 1. The maximum Gasteiger partial charge on any atom is 0.290 e. The first-order valence-electron chi connectivity index (χ1n) is 7.53. The van der Waals surface area contributed by atoms with Gasteiger partial charge < -0.3 is 14.9 Å². The number of nitro benzene ring substituents is 1. The van der Waals surface area contributed by atoms with E-state index >= 15 is 0 Å². The standard InChI is InChI=1S/C16H19N3O5/c1-10(20)13-14(11-6-4-5-7-12(11)19(23)24)18(9-8-17(2)3)16(22)15(13)21/h4-7,14,21H,8-9H2,1-3H3/p+1/t14-/m0/s1. The van der Waals surface area contributed by atoms with E-state index in [2.05, 4.69) is 0 Å². The number of benzene rings is 1. The van der Waals surface area contributed by atoms with Crippen LogP contribution in [0.2, 0.25) is 0 Å². The van der Waals surface area contributed by atoms with Gasteiger partial charge in [-0.25, -0.2) is 0 Å². The molecule has 128 valence electrons. The molecular weight excluding hydrogens is 314 g/mol. The van der Waals surface area contributed by atoms with Gasteiger partial charge in [0, 0.05) is 6.07 Å². The summed E-state index contributed by atoms with van der Waals surface area (Å²) in [5.74, 6) is -1.78. The lowest BCUT2D eigenvalue weighted by Crippen LogP contribution is -3.06. The summed E-state index contributed by atoms with van der Waals surface area (Å²) < 4.78 is 0. The molecule has 0 aromatic heterocycles. The van der Waals surface area contributed by atoms with Crippen molar-refractivity contribution in [2.75, 3.05) is 27.2 Å². The molecule has 1 aromatic carbocycles. The van der Waals surface area contributed by atoms with Crippen molar-refractivity contribution < 1.29 is 24.5 Å². The maximum atomic E-state index is 12.4. The minimum Gasteiger partial charge on any atom is -0.503 e. The number of likely N-dealkylation sites (N-methyl/N-ethyl adjacent to an activating group) is 1. The fourth-order valence-corrected chi connectivity index (χ4v) is 2.80. The van der Waals surface area contributed by atoms with Gasteiger partial charge in [0.2, 0.25) is 0 Å². The highest BCUT2D eigenvalue weighted by Gasteiger charge is 2.44. The number of nitrogens with one attached hydrogen (secondary N) is 1. The first-order valence-corrected chi connectivity index (χ1v) is 7.53. The highest BCUT2D eigenvalue weighted by molar-refractivity contribution is 6.08. The van der Waals surface area contributed by atoms with Crippen LogP contribution in [0.4, 0.5) is 5.69 Å². The number of quaternary nitrogens is 1. The summed E-state index contributed by atoms with van der Waals surface area (Å²) in [4.78, 5) is 37.5. The molecular formula is C16H20N3O5+. The molecule has 0 fully saturated rings. The highest BCUT2D eigenvalue weighted by atomic mass is 16.6. The predicted molar refractivity (Wildman–Crippen MR) is 85.6 cm³/mol. The molecule has 0 saturated heterocycles. The van der Waals surface area contributed by atoms with Crippen LogP contribution in [-0.2, 0) is 9.59 Å². The molecule has 1 amide bonds. The number of aliphatic hydroxyl groups is 1. The summed E-state index contributed by atoms with van der Waals surface area (Å²) in [5.41, 5.74) is -0.0622. The molecule has 1 aromatic rings. The number of nitro groups is 1. The Labute approximate surface area is 139 Å². The average molecular weight is 334 g/mol. The molecule has 2 N–H and O–H groups in total. The van der Waals surface area contributed by atoms with Gasteiger partial charge in [-0.15, -0.1) is 0 Å². The van der Waals surface area contributed by atoms with Crippen molar-refractivity contribution in [2.45, 2.75) is 13.0 Å². The Morgan fingerprint density at radius 3 is 2.54 bits per heavy atom. The first-order chi connectivity index (χ1) is 11.3. The SMILES string of the molecule is CC(=O)C1=C(O)C(=O)N(CC[NH+](C)C)[C@H]1c1ccccc1[N+](=O)[O-]. The number of aliphatic hydroxyl groups excluding tert-OH is 1. The zero-order chi connectivity index (χ0) is 18.0. The Kier molecular flexibility index (Phi) is 4.99. The van der Waals surface area contributed by atoms with Crippen molar-refractivity contribution in [3.05, 3.63) is 51.3 Å². The number of Topliss-reactive ketones (excluding diaryl/α,β-unsaturated/α-hetero) is 1. The Hall–Kier alpha value is -2.74. The van der Waals surface area contributed by atoms with E-state index in [0.717, 1.165) is 4.90 Å². The van der Waals surface area contributed by atoms with E-state index in [4.69, 9.17) is 0 Å². The van der Waals surface area contributed by atoms with Crippen LogP contribution in [0, 0.1) is 10.1 Å². The second-order valence-electron chi connectivity index (χ2n) is 5.99. The molecule has 24 heavy (non-hydrogen) atoms. The highest BCUT2D eigenvalue weighted by Crippen LogP contribution is 2.40. The summed E-state index contributed by atoms with van der Waals surface area (Å²) in [6.07, 6.45) is 0.